The summed E-state index contributed by atoms with van der Waals surface area (Å²) in [6, 6.07) is 16.1. The molecule has 0 atom stereocenters. The minimum Gasteiger partial charge on any atom is -0.352 e. The van der Waals surface area contributed by atoms with Crippen LogP contribution in [0.15, 0.2) is 59.5 Å². The van der Waals surface area contributed by atoms with E-state index in [1.165, 1.54) is 4.31 Å². The van der Waals surface area contributed by atoms with E-state index < -0.39 is 10.0 Å². The van der Waals surface area contributed by atoms with Gasteiger partial charge in [0, 0.05) is 44.2 Å². The van der Waals surface area contributed by atoms with Gasteiger partial charge in [0.1, 0.15) is 0 Å². The molecule has 2 aromatic carbocycles. The van der Waals surface area contributed by atoms with Crippen molar-refractivity contribution in [3.63, 3.8) is 0 Å². The number of sulfonamides is 1. The lowest BCUT2D eigenvalue weighted by Crippen LogP contribution is -2.42. The molecule has 2 fully saturated rings. The molecule has 7 nitrogen and oxygen atoms in total. The molecule has 0 radical (unpaired) electrons. The summed E-state index contributed by atoms with van der Waals surface area (Å²) in [7, 11) is -3.51. The summed E-state index contributed by atoms with van der Waals surface area (Å²) in [5, 5.41) is 2.97. The average Bonchev–Trinajstić information content (AvgIpc) is 3.24. The summed E-state index contributed by atoms with van der Waals surface area (Å²) in [6.07, 6.45) is 2.46. The summed E-state index contributed by atoms with van der Waals surface area (Å²) in [6.45, 7) is 1.79. The zero-order valence-electron chi connectivity index (χ0n) is 17.4. The Bertz CT molecular complexity index is 1050. The lowest BCUT2D eigenvalue weighted by atomic mass is 9.97. The highest BCUT2D eigenvalue weighted by Gasteiger charge is 2.32. The molecule has 0 spiro atoms. The van der Waals surface area contributed by atoms with Crippen molar-refractivity contribution < 1.29 is 18.0 Å². The molecule has 164 valence electrons. The number of rotatable bonds is 6. The minimum absolute atomic E-state index is 0.0561. The van der Waals surface area contributed by atoms with Crippen molar-refractivity contribution in [2.75, 3.05) is 24.5 Å². The van der Waals surface area contributed by atoms with E-state index in [2.05, 4.69) is 5.32 Å². The Morgan fingerprint density at radius 3 is 2.42 bits per heavy atom. The molecule has 4 rings (SSSR count). The number of piperidine rings is 1. The van der Waals surface area contributed by atoms with E-state index in [0.717, 1.165) is 24.2 Å². The van der Waals surface area contributed by atoms with Gasteiger partial charge >= 0.3 is 0 Å². The van der Waals surface area contributed by atoms with E-state index in [9.17, 15) is 18.0 Å². The second-order valence-electron chi connectivity index (χ2n) is 8.03. The highest BCUT2D eigenvalue weighted by molar-refractivity contribution is 7.89. The minimum atomic E-state index is -3.51. The van der Waals surface area contributed by atoms with E-state index in [0.29, 0.717) is 38.9 Å². The summed E-state index contributed by atoms with van der Waals surface area (Å²) in [5.41, 5.74) is 1.81. The first-order valence-electron chi connectivity index (χ1n) is 10.7. The van der Waals surface area contributed by atoms with Crippen molar-refractivity contribution in [2.45, 2.75) is 37.1 Å². The normalized spacial score (nSPS) is 18.3. The van der Waals surface area contributed by atoms with Gasteiger partial charge in [0.05, 0.1) is 4.90 Å². The lowest BCUT2D eigenvalue weighted by molar-refractivity contribution is -0.126. The van der Waals surface area contributed by atoms with Crippen LogP contribution in [0, 0.1) is 5.92 Å². The third-order valence-electron chi connectivity index (χ3n) is 5.97. The van der Waals surface area contributed by atoms with Gasteiger partial charge < -0.3 is 10.2 Å². The first-order chi connectivity index (χ1) is 14.9. The standard InChI is InChI=1S/C23H27N3O4S/c27-22-10-5-13-26(22)20-7-4-6-18(16-20)17-24-23(28)19-11-14-25(15-12-19)31(29,30)21-8-2-1-3-9-21/h1-4,6-9,16,19H,5,10-15,17H2,(H,24,28). The molecular formula is C23H27N3O4S. The summed E-state index contributed by atoms with van der Waals surface area (Å²) < 4.78 is 26.9. The summed E-state index contributed by atoms with van der Waals surface area (Å²) >= 11 is 0. The number of nitrogens with zero attached hydrogens (tertiary/aromatic N) is 2. The van der Waals surface area contributed by atoms with Gasteiger partial charge in [-0.25, -0.2) is 8.42 Å². The molecule has 2 heterocycles. The number of anilines is 1. The third kappa shape index (κ3) is 4.80. The number of carbonyl (C=O) groups excluding carboxylic acids is 2. The van der Waals surface area contributed by atoms with Crippen molar-refractivity contribution in [3.05, 3.63) is 60.2 Å². The maximum Gasteiger partial charge on any atom is 0.243 e. The molecule has 2 aromatic rings. The first kappa shape index (κ1) is 21.5. The Morgan fingerprint density at radius 2 is 1.74 bits per heavy atom. The van der Waals surface area contributed by atoms with E-state index in [4.69, 9.17) is 0 Å². The molecule has 8 heteroatoms. The Hall–Kier alpha value is -2.71. The SMILES string of the molecule is O=C(NCc1cccc(N2CCCC2=O)c1)C1CCN(S(=O)(=O)c2ccccc2)CC1. The highest BCUT2D eigenvalue weighted by Crippen LogP contribution is 2.25. The van der Waals surface area contributed by atoms with E-state index >= 15 is 0 Å². The third-order valence-corrected chi connectivity index (χ3v) is 7.88. The molecular weight excluding hydrogens is 414 g/mol. The topological polar surface area (TPSA) is 86.8 Å². The van der Waals surface area contributed by atoms with Crippen LogP contribution in [0.2, 0.25) is 0 Å². The molecule has 1 N–H and O–H groups in total. The largest absolute Gasteiger partial charge is 0.352 e. The molecule has 0 aliphatic carbocycles. The van der Waals surface area contributed by atoms with Crippen molar-refractivity contribution in [3.8, 4) is 0 Å². The maximum absolute atomic E-state index is 12.7. The number of nitrogens with one attached hydrogen (secondary N) is 1. The van der Waals surface area contributed by atoms with Gasteiger partial charge in [-0.3, -0.25) is 9.59 Å². The monoisotopic (exact) mass is 441 g/mol. The van der Waals surface area contributed by atoms with Gasteiger partial charge in [0.15, 0.2) is 0 Å². The van der Waals surface area contributed by atoms with Crippen molar-refractivity contribution >= 4 is 27.5 Å². The van der Waals surface area contributed by atoms with Crippen LogP contribution in [0.3, 0.4) is 0 Å². The quantitative estimate of drug-likeness (QED) is 0.746. The fraction of sp³-hybridized carbons (Fsp3) is 0.391. The number of hydrogen-bond acceptors (Lipinski definition) is 4. The van der Waals surface area contributed by atoms with Gasteiger partial charge in [-0.15, -0.1) is 0 Å². The molecule has 0 bridgehead atoms. The predicted molar refractivity (Wildman–Crippen MR) is 118 cm³/mol. The molecule has 0 unspecified atom stereocenters. The smallest absolute Gasteiger partial charge is 0.243 e. The van der Waals surface area contributed by atoms with Crippen LogP contribution in [0.1, 0.15) is 31.2 Å². The van der Waals surface area contributed by atoms with Crippen LogP contribution in [-0.4, -0.2) is 44.2 Å². The van der Waals surface area contributed by atoms with Gasteiger partial charge in [0.25, 0.3) is 0 Å². The Balaban J connectivity index is 1.30. The summed E-state index contributed by atoms with van der Waals surface area (Å²) in [5.74, 6) is -0.122. The molecule has 0 saturated carbocycles. The molecule has 31 heavy (non-hydrogen) atoms. The van der Waals surface area contributed by atoms with Crippen molar-refractivity contribution in [2.24, 2.45) is 5.92 Å². The summed E-state index contributed by atoms with van der Waals surface area (Å²) in [4.78, 5) is 26.7. The van der Waals surface area contributed by atoms with E-state index in [-0.39, 0.29) is 22.6 Å². The molecule has 2 aliphatic rings. The Morgan fingerprint density at radius 1 is 1.00 bits per heavy atom. The predicted octanol–water partition coefficient (Wildman–Crippen LogP) is 2.53. The van der Waals surface area contributed by atoms with Crippen LogP contribution in [0.4, 0.5) is 5.69 Å². The zero-order valence-corrected chi connectivity index (χ0v) is 18.2. The van der Waals surface area contributed by atoms with Crippen LogP contribution in [0.25, 0.3) is 0 Å². The van der Waals surface area contributed by atoms with Gasteiger partial charge in [-0.2, -0.15) is 4.31 Å². The fourth-order valence-corrected chi connectivity index (χ4v) is 5.68. The average molecular weight is 442 g/mol. The molecule has 2 amide bonds. The van der Waals surface area contributed by atoms with E-state index in [1.54, 1.807) is 35.2 Å². The van der Waals surface area contributed by atoms with Crippen molar-refractivity contribution in [1.82, 2.24) is 9.62 Å². The van der Waals surface area contributed by atoms with Crippen LogP contribution in [-0.2, 0) is 26.2 Å². The van der Waals surface area contributed by atoms with Crippen molar-refractivity contribution in [1.29, 1.82) is 0 Å². The fourth-order valence-electron chi connectivity index (χ4n) is 4.19. The number of hydrogen-bond donors (Lipinski definition) is 1. The number of benzene rings is 2. The Kier molecular flexibility index (Phi) is 6.38. The van der Waals surface area contributed by atoms with Gasteiger partial charge in [-0.1, -0.05) is 30.3 Å². The second-order valence-corrected chi connectivity index (χ2v) is 9.97. The van der Waals surface area contributed by atoms with Crippen LogP contribution in [0.5, 0.6) is 0 Å². The first-order valence-corrected chi connectivity index (χ1v) is 12.1. The number of amides is 2. The zero-order chi connectivity index (χ0) is 21.8. The maximum atomic E-state index is 12.7. The van der Waals surface area contributed by atoms with Crippen LogP contribution >= 0.6 is 0 Å². The highest BCUT2D eigenvalue weighted by atomic mass is 32.2. The number of carbonyl (C=O) groups is 2. The van der Waals surface area contributed by atoms with Crippen LogP contribution < -0.4 is 10.2 Å². The molecule has 0 aromatic heterocycles. The Labute approximate surface area is 183 Å². The second kappa shape index (κ2) is 9.20. The molecule has 2 aliphatic heterocycles. The lowest BCUT2D eigenvalue weighted by Gasteiger charge is -2.30. The molecule has 2 saturated heterocycles. The van der Waals surface area contributed by atoms with Gasteiger partial charge in [0.2, 0.25) is 21.8 Å². The van der Waals surface area contributed by atoms with Gasteiger partial charge in [-0.05, 0) is 49.1 Å². The van der Waals surface area contributed by atoms with E-state index in [1.807, 2.05) is 24.3 Å².